The van der Waals surface area contributed by atoms with Gasteiger partial charge in [0.25, 0.3) is 0 Å². The molecule has 0 radical (unpaired) electrons. The van der Waals surface area contributed by atoms with E-state index in [4.69, 9.17) is 14.2 Å². The van der Waals surface area contributed by atoms with Crippen LogP contribution in [0.1, 0.15) is 13.8 Å². The number of hydrogen-bond donors (Lipinski definition) is 1. The molecule has 0 saturated heterocycles. The summed E-state index contributed by atoms with van der Waals surface area (Å²) < 4.78 is 15.9. The molecule has 1 N–H and O–H groups in total. The van der Waals surface area contributed by atoms with Crippen molar-refractivity contribution < 1.29 is 19.0 Å². The minimum atomic E-state index is -0.154. The molecule has 0 aromatic heterocycles. The van der Waals surface area contributed by atoms with Crippen LogP contribution in [0.25, 0.3) is 0 Å². The maximum absolute atomic E-state index is 11.0. The van der Waals surface area contributed by atoms with Crippen LogP contribution in [-0.4, -0.2) is 26.7 Å². The lowest BCUT2D eigenvalue weighted by Crippen LogP contribution is -2.07. The molecule has 1 aromatic carbocycles. The fourth-order valence-electron chi connectivity index (χ4n) is 1.44. The lowest BCUT2D eigenvalue weighted by atomic mass is 10.2. The predicted octanol–water partition coefficient (Wildman–Crippen LogP) is 2.06. The van der Waals surface area contributed by atoms with Gasteiger partial charge in [0.1, 0.15) is 0 Å². The van der Waals surface area contributed by atoms with Crippen LogP contribution in [0.5, 0.6) is 17.2 Å². The van der Waals surface area contributed by atoms with Crippen molar-refractivity contribution in [2.45, 2.75) is 13.8 Å². The third kappa shape index (κ3) is 3.27. The van der Waals surface area contributed by atoms with Crippen LogP contribution in [0.2, 0.25) is 0 Å². The van der Waals surface area contributed by atoms with E-state index >= 15 is 0 Å². The fourth-order valence-corrected chi connectivity index (χ4v) is 1.44. The maximum Gasteiger partial charge on any atom is 0.221 e. The zero-order valence-corrected chi connectivity index (χ0v) is 10.5. The van der Waals surface area contributed by atoms with E-state index in [-0.39, 0.29) is 5.91 Å². The smallest absolute Gasteiger partial charge is 0.221 e. The molecular weight excluding hydrogens is 222 g/mol. The van der Waals surface area contributed by atoms with Crippen LogP contribution in [0, 0.1) is 0 Å². The summed E-state index contributed by atoms with van der Waals surface area (Å²) in [4.78, 5) is 11.0. The van der Waals surface area contributed by atoms with E-state index in [1.165, 1.54) is 21.1 Å². The first-order valence-electron chi connectivity index (χ1n) is 5.28. The number of carbonyl (C=O) groups excluding carboxylic acids is 1. The molecule has 0 heterocycles. The summed E-state index contributed by atoms with van der Waals surface area (Å²) in [5.74, 6) is 1.43. The number of benzene rings is 1. The Bertz CT molecular complexity index is 378. The number of methoxy groups -OCH3 is 2. The van der Waals surface area contributed by atoms with Gasteiger partial charge in [-0.1, -0.05) is 0 Å². The summed E-state index contributed by atoms with van der Waals surface area (Å²) >= 11 is 0. The number of amides is 1. The van der Waals surface area contributed by atoms with E-state index in [1.807, 2.05) is 6.92 Å². The lowest BCUT2D eigenvalue weighted by molar-refractivity contribution is -0.114. The first-order valence-corrected chi connectivity index (χ1v) is 5.28. The highest BCUT2D eigenvalue weighted by Gasteiger charge is 2.14. The number of ether oxygens (including phenoxy) is 3. The summed E-state index contributed by atoms with van der Waals surface area (Å²) in [6.07, 6.45) is 0. The molecule has 17 heavy (non-hydrogen) atoms. The Balaban J connectivity index is 3.18. The van der Waals surface area contributed by atoms with Crippen molar-refractivity contribution in [3.05, 3.63) is 12.1 Å². The van der Waals surface area contributed by atoms with E-state index in [9.17, 15) is 4.79 Å². The van der Waals surface area contributed by atoms with Crippen molar-refractivity contribution in [2.24, 2.45) is 0 Å². The standard InChI is InChI=1S/C12H17NO4/c1-5-17-12-10(15-3)6-9(13-8(2)14)7-11(12)16-4/h6-7H,5H2,1-4H3,(H,13,14). The van der Waals surface area contributed by atoms with Crippen LogP contribution in [0.3, 0.4) is 0 Å². The monoisotopic (exact) mass is 239 g/mol. The molecule has 0 aliphatic carbocycles. The van der Waals surface area contributed by atoms with Gasteiger partial charge in [0.15, 0.2) is 11.5 Å². The molecule has 0 fully saturated rings. The lowest BCUT2D eigenvalue weighted by Gasteiger charge is -2.15. The Labute approximate surface area is 101 Å². The molecule has 0 aliphatic rings. The first-order chi connectivity index (χ1) is 8.12. The molecule has 0 atom stereocenters. The van der Waals surface area contributed by atoms with E-state index in [0.717, 1.165) is 0 Å². The van der Waals surface area contributed by atoms with Gasteiger partial charge >= 0.3 is 0 Å². The average molecular weight is 239 g/mol. The summed E-state index contributed by atoms with van der Waals surface area (Å²) in [6, 6.07) is 3.38. The molecule has 0 aliphatic heterocycles. The molecule has 0 unspecified atom stereocenters. The Morgan fingerprint density at radius 3 is 2.12 bits per heavy atom. The largest absolute Gasteiger partial charge is 0.493 e. The van der Waals surface area contributed by atoms with Crippen LogP contribution >= 0.6 is 0 Å². The van der Waals surface area contributed by atoms with Gasteiger partial charge in [0, 0.05) is 24.7 Å². The van der Waals surface area contributed by atoms with Gasteiger partial charge in [0.05, 0.1) is 20.8 Å². The van der Waals surface area contributed by atoms with Gasteiger partial charge in [-0.2, -0.15) is 0 Å². The Hall–Kier alpha value is -1.91. The molecule has 1 aromatic rings. The molecule has 1 rings (SSSR count). The first kappa shape index (κ1) is 13.2. The zero-order chi connectivity index (χ0) is 12.8. The van der Waals surface area contributed by atoms with Crippen molar-refractivity contribution >= 4 is 11.6 Å². The second kappa shape index (κ2) is 5.98. The summed E-state index contributed by atoms with van der Waals surface area (Å²) in [5.41, 5.74) is 0.606. The van der Waals surface area contributed by atoms with Gasteiger partial charge in [-0.25, -0.2) is 0 Å². The van der Waals surface area contributed by atoms with Gasteiger partial charge in [-0.05, 0) is 6.92 Å². The third-order valence-corrected chi connectivity index (χ3v) is 2.07. The number of rotatable bonds is 5. The molecule has 94 valence electrons. The molecule has 0 spiro atoms. The Morgan fingerprint density at radius 1 is 1.24 bits per heavy atom. The van der Waals surface area contributed by atoms with Gasteiger partial charge < -0.3 is 19.5 Å². The average Bonchev–Trinajstić information content (AvgIpc) is 2.30. The highest BCUT2D eigenvalue weighted by molar-refractivity contribution is 5.89. The quantitative estimate of drug-likeness (QED) is 0.854. The molecule has 0 saturated carbocycles. The van der Waals surface area contributed by atoms with E-state index < -0.39 is 0 Å². The molecule has 5 nitrogen and oxygen atoms in total. The van der Waals surface area contributed by atoms with Crippen molar-refractivity contribution in [2.75, 3.05) is 26.1 Å². The molecule has 0 bridgehead atoms. The van der Waals surface area contributed by atoms with E-state index in [0.29, 0.717) is 29.5 Å². The number of nitrogens with one attached hydrogen (secondary N) is 1. The SMILES string of the molecule is CCOc1c(OC)cc(NC(C)=O)cc1OC. The maximum atomic E-state index is 11.0. The van der Waals surface area contributed by atoms with Gasteiger partial charge in [0.2, 0.25) is 11.7 Å². The van der Waals surface area contributed by atoms with E-state index in [1.54, 1.807) is 12.1 Å². The Kier molecular flexibility index (Phi) is 4.63. The number of anilines is 1. The summed E-state index contributed by atoms with van der Waals surface area (Å²) in [7, 11) is 3.07. The topological polar surface area (TPSA) is 56.8 Å². The van der Waals surface area contributed by atoms with Gasteiger partial charge in [-0.3, -0.25) is 4.79 Å². The molecule has 5 heteroatoms. The third-order valence-electron chi connectivity index (χ3n) is 2.07. The van der Waals surface area contributed by atoms with E-state index in [2.05, 4.69) is 5.32 Å². The fraction of sp³-hybridized carbons (Fsp3) is 0.417. The second-order valence-electron chi connectivity index (χ2n) is 3.32. The number of hydrogen-bond acceptors (Lipinski definition) is 4. The van der Waals surface area contributed by atoms with Crippen LogP contribution in [0.15, 0.2) is 12.1 Å². The number of carbonyl (C=O) groups is 1. The summed E-state index contributed by atoms with van der Waals surface area (Å²) in [5, 5.41) is 2.67. The van der Waals surface area contributed by atoms with Crippen LogP contribution in [-0.2, 0) is 4.79 Å². The predicted molar refractivity (Wildman–Crippen MR) is 65.0 cm³/mol. The molecular formula is C12H17NO4. The van der Waals surface area contributed by atoms with Crippen LogP contribution < -0.4 is 19.5 Å². The van der Waals surface area contributed by atoms with Crippen molar-refractivity contribution in [1.82, 2.24) is 0 Å². The van der Waals surface area contributed by atoms with Crippen molar-refractivity contribution in [1.29, 1.82) is 0 Å². The highest BCUT2D eigenvalue weighted by atomic mass is 16.5. The zero-order valence-electron chi connectivity index (χ0n) is 10.5. The second-order valence-corrected chi connectivity index (χ2v) is 3.32. The minimum Gasteiger partial charge on any atom is -0.493 e. The van der Waals surface area contributed by atoms with Crippen LogP contribution in [0.4, 0.5) is 5.69 Å². The minimum absolute atomic E-state index is 0.154. The van der Waals surface area contributed by atoms with Crippen molar-refractivity contribution in [3.8, 4) is 17.2 Å². The van der Waals surface area contributed by atoms with Crippen molar-refractivity contribution in [3.63, 3.8) is 0 Å². The van der Waals surface area contributed by atoms with Gasteiger partial charge in [-0.15, -0.1) is 0 Å². The highest BCUT2D eigenvalue weighted by Crippen LogP contribution is 2.40. The summed E-state index contributed by atoms with van der Waals surface area (Å²) in [6.45, 7) is 3.82. The molecule has 1 amide bonds. The Morgan fingerprint density at radius 2 is 1.76 bits per heavy atom. The normalized spacial score (nSPS) is 9.65.